The maximum absolute atomic E-state index is 12.9. The van der Waals surface area contributed by atoms with Crippen LogP contribution in [0.3, 0.4) is 0 Å². The Hall–Kier alpha value is -1.43. The van der Waals surface area contributed by atoms with Gasteiger partial charge in [0, 0.05) is 15.4 Å². The van der Waals surface area contributed by atoms with Crippen molar-refractivity contribution in [2.75, 3.05) is 4.90 Å². The van der Waals surface area contributed by atoms with Crippen LogP contribution in [0.25, 0.3) is 0 Å². The predicted octanol–water partition coefficient (Wildman–Crippen LogP) is 3.55. The first kappa shape index (κ1) is 14.2. The molecule has 2 bridgehead atoms. The first-order chi connectivity index (χ1) is 10.5. The van der Waals surface area contributed by atoms with Crippen LogP contribution in [-0.2, 0) is 9.59 Å². The van der Waals surface area contributed by atoms with Gasteiger partial charge in [-0.3, -0.25) is 9.59 Å². The quantitative estimate of drug-likeness (QED) is 0.407. The zero-order chi connectivity index (χ0) is 15.6. The van der Waals surface area contributed by atoms with Crippen LogP contribution in [0.5, 0.6) is 0 Å². The molecular weight excluding hydrogens is 389 g/mol. The Balaban J connectivity index is 1.78. The highest BCUT2D eigenvalue weighted by Crippen LogP contribution is 2.57. The Labute approximate surface area is 143 Å². The van der Waals surface area contributed by atoms with E-state index in [9.17, 15) is 9.59 Å². The second-order valence-electron chi connectivity index (χ2n) is 6.44. The fourth-order valence-corrected chi connectivity index (χ4v) is 4.83. The molecule has 2 aliphatic carbocycles. The van der Waals surface area contributed by atoms with Gasteiger partial charge in [0.05, 0.1) is 17.5 Å². The number of hydrogen-bond acceptors (Lipinski definition) is 2. The van der Waals surface area contributed by atoms with Crippen LogP contribution in [0.2, 0.25) is 0 Å². The average molecular weight is 405 g/mol. The van der Waals surface area contributed by atoms with E-state index in [2.05, 4.69) is 48.6 Å². The maximum atomic E-state index is 12.9. The molecule has 3 aliphatic rings. The van der Waals surface area contributed by atoms with E-state index in [1.807, 2.05) is 24.3 Å². The molecule has 1 saturated carbocycles. The smallest absolute Gasteiger partial charge is 0.238 e. The largest absolute Gasteiger partial charge is 0.274 e. The van der Waals surface area contributed by atoms with E-state index in [4.69, 9.17) is 0 Å². The number of rotatable bonds is 1. The molecule has 1 saturated heterocycles. The monoisotopic (exact) mass is 405 g/mol. The Morgan fingerprint density at radius 1 is 1.05 bits per heavy atom. The molecule has 22 heavy (non-hydrogen) atoms. The minimum absolute atomic E-state index is 0.0346. The van der Waals surface area contributed by atoms with Crippen molar-refractivity contribution in [2.45, 2.75) is 13.8 Å². The summed E-state index contributed by atoms with van der Waals surface area (Å²) in [6.07, 6.45) is 4.25. The van der Waals surface area contributed by atoms with Crippen molar-refractivity contribution in [1.82, 2.24) is 0 Å². The van der Waals surface area contributed by atoms with Crippen LogP contribution in [0.4, 0.5) is 5.69 Å². The highest BCUT2D eigenvalue weighted by Gasteiger charge is 2.61. The Morgan fingerprint density at radius 3 is 2.14 bits per heavy atom. The van der Waals surface area contributed by atoms with E-state index in [-0.39, 0.29) is 35.5 Å². The van der Waals surface area contributed by atoms with E-state index in [0.717, 1.165) is 3.57 Å². The third kappa shape index (κ3) is 1.73. The number of imide groups is 1. The molecule has 2 fully saturated rings. The Morgan fingerprint density at radius 2 is 1.64 bits per heavy atom. The summed E-state index contributed by atoms with van der Waals surface area (Å²) in [5.74, 6) is -0.246. The van der Waals surface area contributed by atoms with Gasteiger partial charge in [0.25, 0.3) is 0 Å². The van der Waals surface area contributed by atoms with E-state index in [1.165, 1.54) is 16.0 Å². The first-order valence-corrected chi connectivity index (χ1v) is 8.57. The molecule has 1 aliphatic heterocycles. The van der Waals surface area contributed by atoms with Crippen LogP contribution in [0.1, 0.15) is 13.8 Å². The molecule has 1 aromatic carbocycles. The number of anilines is 1. The minimum atomic E-state index is -0.203. The van der Waals surface area contributed by atoms with E-state index >= 15 is 0 Å². The van der Waals surface area contributed by atoms with Crippen molar-refractivity contribution in [2.24, 2.45) is 23.7 Å². The number of hydrogen-bond donors (Lipinski definition) is 0. The molecule has 4 rings (SSSR count). The molecule has 4 unspecified atom stereocenters. The summed E-state index contributed by atoms with van der Waals surface area (Å²) < 4.78 is 1.03. The van der Waals surface area contributed by atoms with Crippen molar-refractivity contribution in [1.29, 1.82) is 0 Å². The summed E-state index contributed by atoms with van der Waals surface area (Å²) in [5.41, 5.74) is 3.24. The van der Waals surface area contributed by atoms with Crippen molar-refractivity contribution >= 4 is 40.1 Å². The van der Waals surface area contributed by atoms with E-state index in [1.54, 1.807) is 0 Å². The van der Waals surface area contributed by atoms with Gasteiger partial charge in [-0.15, -0.1) is 0 Å². The fourth-order valence-electron chi connectivity index (χ4n) is 4.30. The lowest BCUT2D eigenvalue weighted by Crippen LogP contribution is -2.33. The van der Waals surface area contributed by atoms with Crippen LogP contribution < -0.4 is 4.90 Å². The molecule has 1 aromatic rings. The topological polar surface area (TPSA) is 37.4 Å². The number of nitrogens with zero attached hydrogens (tertiary/aromatic N) is 1. The minimum Gasteiger partial charge on any atom is -0.274 e. The molecule has 0 radical (unpaired) electrons. The van der Waals surface area contributed by atoms with Gasteiger partial charge in [-0.1, -0.05) is 29.4 Å². The average Bonchev–Trinajstić information content (AvgIpc) is 3.09. The third-order valence-corrected chi connectivity index (χ3v) is 5.73. The fraction of sp³-hybridized carbons (Fsp3) is 0.333. The number of halogens is 1. The zero-order valence-corrected chi connectivity index (χ0v) is 14.6. The van der Waals surface area contributed by atoms with Crippen LogP contribution in [-0.4, -0.2) is 11.8 Å². The number of fused-ring (bicyclic) bond motifs is 5. The number of carbonyl (C=O) groups is 2. The van der Waals surface area contributed by atoms with Gasteiger partial charge in [0.1, 0.15) is 0 Å². The van der Waals surface area contributed by atoms with E-state index in [0.29, 0.717) is 5.69 Å². The summed E-state index contributed by atoms with van der Waals surface area (Å²) in [6, 6.07) is 7.59. The molecule has 4 heteroatoms. The molecule has 2 amide bonds. The lowest BCUT2D eigenvalue weighted by Gasteiger charge is -2.19. The summed E-state index contributed by atoms with van der Waals surface area (Å²) in [6.45, 7) is 4.16. The standard InChI is InChI=1S/C18H16INO2/c1-9(2)14-12-6-7-13(14)16-15(12)17(21)20(18(16)22)11-5-3-4-10(19)8-11/h3-8,12-13,15-16H,1-2H3. The van der Waals surface area contributed by atoms with Crippen molar-refractivity contribution in [3.8, 4) is 0 Å². The molecule has 0 aromatic heterocycles. The van der Waals surface area contributed by atoms with Gasteiger partial charge in [0.2, 0.25) is 11.8 Å². The maximum Gasteiger partial charge on any atom is 0.238 e. The molecule has 1 heterocycles. The SMILES string of the molecule is CC(C)=C1C2C=CC1C1C(=O)N(c3cccc(I)c3)C(=O)C21. The molecular formula is C18H16INO2. The van der Waals surface area contributed by atoms with Gasteiger partial charge in [-0.25, -0.2) is 4.90 Å². The number of allylic oxidation sites excluding steroid dienone is 4. The van der Waals surface area contributed by atoms with Crippen molar-refractivity contribution < 1.29 is 9.59 Å². The van der Waals surface area contributed by atoms with Gasteiger partial charge < -0.3 is 0 Å². The summed E-state index contributed by atoms with van der Waals surface area (Å²) >= 11 is 2.20. The zero-order valence-electron chi connectivity index (χ0n) is 12.4. The summed E-state index contributed by atoms with van der Waals surface area (Å²) in [4.78, 5) is 27.2. The third-order valence-electron chi connectivity index (χ3n) is 5.06. The molecule has 0 N–H and O–H groups in total. The number of carbonyl (C=O) groups excluding carboxylic acids is 2. The number of benzene rings is 1. The Bertz CT molecular complexity index is 726. The van der Waals surface area contributed by atoms with Crippen molar-refractivity contribution in [3.63, 3.8) is 0 Å². The molecule has 3 nitrogen and oxygen atoms in total. The summed E-state index contributed by atoms with van der Waals surface area (Å²) in [7, 11) is 0. The summed E-state index contributed by atoms with van der Waals surface area (Å²) in [5, 5.41) is 0. The van der Waals surface area contributed by atoms with Gasteiger partial charge in [0.15, 0.2) is 0 Å². The lowest BCUT2D eigenvalue weighted by molar-refractivity contribution is -0.122. The normalized spacial score (nSPS) is 32.1. The van der Waals surface area contributed by atoms with Gasteiger partial charge in [-0.2, -0.15) is 0 Å². The Kier molecular flexibility index (Phi) is 3.08. The van der Waals surface area contributed by atoms with Gasteiger partial charge in [-0.05, 0) is 54.6 Å². The van der Waals surface area contributed by atoms with Crippen LogP contribution in [0, 0.1) is 27.2 Å². The van der Waals surface area contributed by atoms with Crippen molar-refractivity contribution in [3.05, 3.63) is 51.1 Å². The lowest BCUT2D eigenvalue weighted by atomic mass is 9.85. The van der Waals surface area contributed by atoms with Crippen LogP contribution in [0.15, 0.2) is 47.6 Å². The second kappa shape index (κ2) is 4.78. The predicted molar refractivity (Wildman–Crippen MR) is 93.1 cm³/mol. The number of amides is 2. The highest BCUT2D eigenvalue weighted by atomic mass is 127. The second-order valence-corrected chi connectivity index (χ2v) is 7.68. The molecule has 0 spiro atoms. The van der Waals surface area contributed by atoms with Gasteiger partial charge >= 0.3 is 0 Å². The van der Waals surface area contributed by atoms with Crippen LogP contribution >= 0.6 is 22.6 Å². The molecule has 112 valence electrons. The molecule has 4 atom stereocenters. The highest BCUT2D eigenvalue weighted by molar-refractivity contribution is 14.1. The van der Waals surface area contributed by atoms with E-state index < -0.39 is 0 Å². The first-order valence-electron chi connectivity index (χ1n) is 7.49.